The fourth-order valence-corrected chi connectivity index (χ4v) is 2.40. The van der Waals surface area contributed by atoms with Crippen LogP contribution in [-0.2, 0) is 10.4 Å². The summed E-state index contributed by atoms with van der Waals surface area (Å²) in [7, 11) is -4.64. The van der Waals surface area contributed by atoms with Crippen LogP contribution in [0.2, 0.25) is 0 Å². The molecule has 112 valence electrons. The predicted molar refractivity (Wildman–Crippen MR) is 80.1 cm³/mol. The van der Waals surface area contributed by atoms with E-state index in [-0.39, 0.29) is 51.7 Å². The van der Waals surface area contributed by atoms with Gasteiger partial charge in [-0.3, -0.25) is 9.35 Å². The van der Waals surface area contributed by atoms with Crippen LogP contribution in [-0.4, -0.2) is 13.0 Å². The van der Waals surface area contributed by atoms with Crippen molar-refractivity contribution >= 4 is 21.4 Å². The minimum Gasteiger partial charge on any atom is -0.456 e. The van der Waals surface area contributed by atoms with E-state index in [1.165, 1.54) is 24.3 Å². The van der Waals surface area contributed by atoms with Gasteiger partial charge in [-0.15, -0.1) is 0 Å². The van der Waals surface area contributed by atoms with E-state index in [1.54, 1.807) is 24.3 Å². The summed E-state index contributed by atoms with van der Waals surface area (Å²) in [5, 5.41) is 0.280. The van der Waals surface area contributed by atoms with Gasteiger partial charge >= 0.3 is 40.0 Å². The molecule has 1 aromatic heterocycles. The minimum atomic E-state index is -4.64. The number of hydrogen-bond acceptors (Lipinski definition) is 5. The molecular formula is C15H10NaO6S+. The molecular weight excluding hydrogens is 331 g/mol. The van der Waals surface area contributed by atoms with E-state index < -0.39 is 10.4 Å². The molecule has 0 saturated heterocycles. The third-order valence-electron chi connectivity index (χ3n) is 2.96. The van der Waals surface area contributed by atoms with Gasteiger partial charge in [0.2, 0.25) is 0 Å². The van der Waals surface area contributed by atoms with E-state index in [1.807, 2.05) is 6.07 Å². The minimum absolute atomic E-state index is 0. The largest absolute Gasteiger partial charge is 1.00 e. The van der Waals surface area contributed by atoms with Crippen LogP contribution in [0.15, 0.2) is 63.8 Å². The second-order valence-corrected chi connectivity index (χ2v) is 5.53. The molecule has 1 N–H and O–H groups in total. The van der Waals surface area contributed by atoms with Crippen molar-refractivity contribution in [3.05, 3.63) is 64.8 Å². The van der Waals surface area contributed by atoms with Gasteiger partial charge in [0.25, 0.3) is 0 Å². The van der Waals surface area contributed by atoms with E-state index in [9.17, 15) is 13.2 Å². The van der Waals surface area contributed by atoms with Crippen molar-refractivity contribution in [3.8, 4) is 17.1 Å². The summed E-state index contributed by atoms with van der Waals surface area (Å²) in [5.74, 6) is 0.200. The molecule has 3 rings (SSSR count). The van der Waals surface area contributed by atoms with Gasteiger partial charge in [0.05, 0.1) is 5.39 Å². The molecule has 0 spiro atoms. The second-order valence-electron chi connectivity index (χ2n) is 4.51. The van der Waals surface area contributed by atoms with Crippen molar-refractivity contribution in [2.24, 2.45) is 0 Å². The number of benzene rings is 2. The first-order valence-electron chi connectivity index (χ1n) is 6.23. The molecule has 1 heterocycles. The summed E-state index contributed by atoms with van der Waals surface area (Å²) in [4.78, 5) is 12.1. The topological polar surface area (TPSA) is 93.8 Å². The van der Waals surface area contributed by atoms with Crippen LogP contribution in [0, 0.1) is 0 Å². The van der Waals surface area contributed by atoms with Crippen molar-refractivity contribution in [1.29, 1.82) is 0 Å². The van der Waals surface area contributed by atoms with Crippen molar-refractivity contribution in [2.75, 3.05) is 0 Å². The zero-order chi connectivity index (χ0) is 15.7. The maximum Gasteiger partial charge on any atom is 1.00 e. The normalized spacial score (nSPS) is 11.0. The molecule has 0 aliphatic rings. The summed E-state index contributed by atoms with van der Waals surface area (Å²) in [6.07, 6.45) is 0. The Morgan fingerprint density at radius 1 is 1.00 bits per heavy atom. The Morgan fingerprint density at radius 2 is 1.70 bits per heavy atom. The van der Waals surface area contributed by atoms with Crippen LogP contribution in [0.1, 0.15) is 0 Å². The van der Waals surface area contributed by atoms with Crippen molar-refractivity contribution in [1.82, 2.24) is 0 Å². The van der Waals surface area contributed by atoms with Crippen LogP contribution in [0.3, 0.4) is 0 Å². The van der Waals surface area contributed by atoms with Crippen molar-refractivity contribution in [3.63, 3.8) is 0 Å². The van der Waals surface area contributed by atoms with Gasteiger partial charge in [-0.05, 0) is 12.1 Å². The standard InChI is InChI=1S/C15H10O6S.Na/c16-13-9-14(10-4-2-1-3-5-10)20-15-8-11(6-7-12(13)15)21-22(17,18)19;/h1-9H,(H,17,18,19);/q;+1. The maximum absolute atomic E-state index is 12.1. The average molecular weight is 341 g/mol. The van der Waals surface area contributed by atoms with Gasteiger partial charge in [-0.1, -0.05) is 30.3 Å². The van der Waals surface area contributed by atoms with Gasteiger partial charge in [-0.25, -0.2) is 0 Å². The average Bonchev–Trinajstić information content (AvgIpc) is 2.46. The molecule has 0 aliphatic carbocycles. The van der Waals surface area contributed by atoms with Crippen LogP contribution >= 0.6 is 0 Å². The van der Waals surface area contributed by atoms with E-state index in [0.29, 0.717) is 11.3 Å². The van der Waals surface area contributed by atoms with E-state index in [0.717, 1.165) is 0 Å². The molecule has 0 amide bonds. The summed E-state index contributed by atoms with van der Waals surface area (Å²) in [6.45, 7) is 0. The van der Waals surface area contributed by atoms with Crippen molar-refractivity contribution < 1.29 is 51.1 Å². The summed E-state index contributed by atoms with van der Waals surface area (Å²) in [5.41, 5.74) is 0.605. The number of hydrogen-bond donors (Lipinski definition) is 1. The molecule has 0 bridgehead atoms. The van der Waals surface area contributed by atoms with Gasteiger partial charge in [-0.2, -0.15) is 8.42 Å². The monoisotopic (exact) mass is 341 g/mol. The first-order valence-corrected chi connectivity index (χ1v) is 7.59. The fraction of sp³-hybridized carbons (Fsp3) is 0. The Bertz CT molecular complexity index is 995. The van der Waals surface area contributed by atoms with Gasteiger partial charge in [0.15, 0.2) is 5.43 Å². The maximum atomic E-state index is 12.1. The van der Waals surface area contributed by atoms with Gasteiger partial charge in [0, 0.05) is 17.7 Å². The third-order valence-corrected chi connectivity index (χ3v) is 3.36. The second kappa shape index (κ2) is 6.86. The molecule has 0 aliphatic heterocycles. The Balaban J connectivity index is 0.00000192. The molecule has 0 fully saturated rings. The molecule has 2 aromatic carbocycles. The van der Waals surface area contributed by atoms with E-state index in [2.05, 4.69) is 4.18 Å². The molecule has 3 aromatic rings. The first kappa shape index (κ1) is 17.7. The zero-order valence-electron chi connectivity index (χ0n) is 12.1. The molecule has 0 atom stereocenters. The van der Waals surface area contributed by atoms with Crippen LogP contribution in [0.25, 0.3) is 22.3 Å². The summed E-state index contributed by atoms with van der Waals surface area (Å²) >= 11 is 0. The Morgan fingerprint density at radius 3 is 2.35 bits per heavy atom. The first-order chi connectivity index (χ1) is 10.4. The Labute approximate surface area is 154 Å². The van der Waals surface area contributed by atoms with Gasteiger partial charge < -0.3 is 8.60 Å². The number of rotatable bonds is 3. The quantitative estimate of drug-likeness (QED) is 0.517. The molecule has 23 heavy (non-hydrogen) atoms. The predicted octanol–water partition coefficient (Wildman–Crippen LogP) is -0.354. The van der Waals surface area contributed by atoms with E-state index in [4.69, 9.17) is 8.97 Å². The van der Waals surface area contributed by atoms with Crippen LogP contribution < -0.4 is 39.2 Å². The SMILES string of the molecule is O=c1cc(-c2ccccc2)oc2cc(OS(=O)(=O)O)ccc12.[Na+]. The number of fused-ring (bicyclic) bond motifs is 1. The fourth-order valence-electron chi connectivity index (χ4n) is 2.05. The van der Waals surface area contributed by atoms with Gasteiger partial charge in [0.1, 0.15) is 17.1 Å². The van der Waals surface area contributed by atoms with E-state index >= 15 is 0 Å². The van der Waals surface area contributed by atoms with Crippen LogP contribution in [0.5, 0.6) is 5.75 Å². The van der Waals surface area contributed by atoms with Crippen LogP contribution in [0.4, 0.5) is 0 Å². The zero-order valence-corrected chi connectivity index (χ0v) is 14.9. The Hall–Kier alpha value is -1.64. The third kappa shape index (κ3) is 4.21. The molecule has 0 saturated carbocycles. The summed E-state index contributed by atoms with van der Waals surface area (Å²) < 4.78 is 40.1. The smallest absolute Gasteiger partial charge is 0.456 e. The Kier molecular flexibility index (Phi) is 5.28. The van der Waals surface area contributed by atoms with Crippen molar-refractivity contribution in [2.45, 2.75) is 0 Å². The summed E-state index contributed by atoms with van der Waals surface area (Å²) in [6, 6.07) is 14.2. The molecule has 0 radical (unpaired) electrons. The molecule has 0 unspecified atom stereocenters. The molecule has 8 heteroatoms. The molecule has 6 nitrogen and oxygen atoms in total.